The first kappa shape index (κ1) is 6.74. The van der Waals surface area contributed by atoms with Gasteiger partial charge in [0.2, 0.25) is 0 Å². The molecule has 0 aliphatic carbocycles. The van der Waals surface area contributed by atoms with Crippen LogP contribution >= 0.6 is 0 Å². The highest BCUT2D eigenvalue weighted by Gasteiger charge is 1.81. The first-order chi connectivity index (χ1) is 3.27. The van der Waals surface area contributed by atoms with Crippen molar-refractivity contribution in [1.82, 2.24) is 0 Å². The normalized spacial score (nSPS) is 8.86. The lowest BCUT2D eigenvalue weighted by Crippen LogP contribution is -1.72. The van der Waals surface area contributed by atoms with E-state index >= 15 is 0 Å². The summed E-state index contributed by atoms with van der Waals surface area (Å²) in [4.78, 5) is 0. The van der Waals surface area contributed by atoms with Crippen molar-refractivity contribution in [1.29, 1.82) is 0 Å². The molecule has 0 atom stereocenters. The molecule has 0 rings (SSSR count). The number of allylic oxidation sites excluding steroid dienone is 1. The molecule has 0 aliphatic rings. The second-order valence-corrected chi connectivity index (χ2v) is 1.85. The highest BCUT2D eigenvalue weighted by atomic mass is 13.9. The lowest BCUT2D eigenvalue weighted by atomic mass is 10.2. The molecule has 0 bridgehead atoms. The molecule has 0 heteroatoms. The van der Waals surface area contributed by atoms with Gasteiger partial charge in [0.1, 0.15) is 0 Å². The van der Waals surface area contributed by atoms with Gasteiger partial charge in [0.25, 0.3) is 0 Å². The average molecular weight is 97.2 g/mol. The molecule has 0 saturated carbocycles. The lowest BCUT2D eigenvalue weighted by Gasteiger charge is -1.91. The smallest absolute Gasteiger partial charge is 0.0286 e. The zero-order chi connectivity index (χ0) is 5.70. The molecule has 0 fully saturated rings. The van der Waals surface area contributed by atoms with E-state index in [0.29, 0.717) is 0 Å². The van der Waals surface area contributed by atoms with Crippen LogP contribution in [0.1, 0.15) is 26.2 Å². The first-order valence-electron chi connectivity index (χ1n) is 2.77. The van der Waals surface area contributed by atoms with Gasteiger partial charge in [-0.1, -0.05) is 25.5 Å². The number of hydrogen-bond acceptors (Lipinski definition) is 0. The van der Waals surface area contributed by atoms with E-state index in [-0.39, 0.29) is 0 Å². The molecule has 0 spiro atoms. The standard InChI is InChI=1S/C7H13/c1-4-5-6-7(2)3/h2-6H2,1H3. The van der Waals surface area contributed by atoms with Gasteiger partial charge in [0.05, 0.1) is 0 Å². The fourth-order valence-electron chi connectivity index (χ4n) is 0.427. The second-order valence-electron chi connectivity index (χ2n) is 1.85. The maximum Gasteiger partial charge on any atom is -0.0286 e. The molecule has 0 aromatic heterocycles. The van der Waals surface area contributed by atoms with Crippen LogP contribution in [-0.2, 0) is 0 Å². The first-order valence-corrected chi connectivity index (χ1v) is 2.77. The molecule has 0 aromatic rings. The van der Waals surface area contributed by atoms with Crippen molar-refractivity contribution in [3.8, 4) is 0 Å². The van der Waals surface area contributed by atoms with Crippen molar-refractivity contribution in [3.05, 3.63) is 19.1 Å². The van der Waals surface area contributed by atoms with Crippen LogP contribution in [-0.4, -0.2) is 0 Å². The molecule has 0 amide bonds. The Balaban J connectivity index is 2.82. The maximum atomic E-state index is 3.68. The largest absolute Gasteiger partial charge is 0.0999 e. The molecule has 0 aliphatic heterocycles. The molecule has 0 nitrogen and oxygen atoms in total. The summed E-state index contributed by atoms with van der Waals surface area (Å²) in [6.07, 6.45) is 3.58. The van der Waals surface area contributed by atoms with E-state index < -0.39 is 0 Å². The van der Waals surface area contributed by atoms with Gasteiger partial charge in [0, 0.05) is 0 Å². The third-order valence-electron chi connectivity index (χ3n) is 0.884. The third-order valence-corrected chi connectivity index (χ3v) is 0.884. The number of unbranched alkanes of at least 4 members (excludes halogenated alkanes) is 1. The highest BCUT2D eigenvalue weighted by Crippen LogP contribution is 2.00. The van der Waals surface area contributed by atoms with Crippen molar-refractivity contribution in [2.45, 2.75) is 26.2 Å². The molecule has 7 heavy (non-hydrogen) atoms. The van der Waals surface area contributed by atoms with E-state index in [4.69, 9.17) is 0 Å². The van der Waals surface area contributed by atoms with Crippen LogP contribution in [0.5, 0.6) is 0 Å². The van der Waals surface area contributed by atoms with E-state index in [2.05, 4.69) is 20.4 Å². The molecular formula is C7H13. The molecule has 0 unspecified atom stereocenters. The summed E-state index contributed by atoms with van der Waals surface area (Å²) in [6.45, 7) is 9.53. The van der Waals surface area contributed by atoms with Crippen LogP contribution < -0.4 is 0 Å². The van der Waals surface area contributed by atoms with Crippen LogP contribution in [0, 0.1) is 6.92 Å². The van der Waals surface area contributed by atoms with Gasteiger partial charge in [-0.3, -0.25) is 0 Å². The summed E-state index contributed by atoms with van der Waals surface area (Å²) in [5.41, 5.74) is 1.06. The minimum Gasteiger partial charge on any atom is -0.0999 e. The zero-order valence-corrected chi connectivity index (χ0v) is 5.04. The van der Waals surface area contributed by atoms with Crippen LogP contribution in [0.25, 0.3) is 0 Å². The SMILES string of the molecule is [CH2]C(=C)CCCC. The Morgan fingerprint density at radius 2 is 2.14 bits per heavy atom. The molecule has 0 saturated heterocycles. The summed E-state index contributed by atoms with van der Waals surface area (Å²) in [5.74, 6) is 0. The minimum atomic E-state index is 1.06. The monoisotopic (exact) mass is 97.1 g/mol. The summed E-state index contributed by atoms with van der Waals surface area (Å²) < 4.78 is 0. The van der Waals surface area contributed by atoms with E-state index in [9.17, 15) is 0 Å². The predicted octanol–water partition coefficient (Wildman–Crippen LogP) is 2.57. The summed E-state index contributed by atoms with van der Waals surface area (Å²) in [7, 11) is 0. The lowest BCUT2D eigenvalue weighted by molar-refractivity contribution is 0.799. The van der Waals surface area contributed by atoms with E-state index in [1.165, 1.54) is 12.8 Å². The van der Waals surface area contributed by atoms with Gasteiger partial charge in [0.15, 0.2) is 0 Å². The van der Waals surface area contributed by atoms with Crippen molar-refractivity contribution in [3.63, 3.8) is 0 Å². The highest BCUT2D eigenvalue weighted by molar-refractivity contribution is 4.96. The molecule has 41 valence electrons. The van der Waals surface area contributed by atoms with Gasteiger partial charge in [-0.2, -0.15) is 0 Å². The Labute approximate surface area is 46.2 Å². The van der Waals surface area contributed by atoms with Crippen molar-refractivity contribution in [2.75, 3.05) is 0 Å². The predicted molar refractivity (Wildman–Crippen MR) is 34.0 cm³/mol. The Morgan fingerprint density at radius 1 is 1.57 bits per heavy atom. The van der Waals surface area contributed by atoms with Crippen molar-refractivity contribution >= 4 is 0 Å². The molecule has 0 heterocycles. The van der Waals surface area contributed by atoms with E-state index in [1.807, 2.05) is 0 Å². The molecule has 1 radical (unpaired) electrons. The molecular weight excluding hydrogens is 84.1 g/mol. The summed E-state index contributed by atoms with van der Waals surface area (Å²) in [6, 6.07) is 0. The fourth-order valence-corrected chi connectivity index (χ4v) is 0.427. The average Bonchev–Trinajstić information content (AvgIpc) is 1.61. The van der Waals surface area contributed by atoms with Gasteiger partial charge in [-0.05, 0) is 19.8 Å². The number of hydrogen-bond donors (Lipinski definition) is 0. The summed E-state index contributed by atoms with van der Waals surface area (Å²) in [5, 5.41) is 0. The third kappa shape index (κ3) is 5.74. The van der Waals surface area contributed by atoms with Crippen LogP contribution in [0.3, 0.4) is 0 Å². The Morgan fingerprint density at radius 3 is 2.29 bits per heavy atom. The topological polar surface area (TPSA) is 0 Å². The molecule has 0 N–H and O–H groups in total. The minimum absolute atomic E-state index is 1.06. The van der Waals surface area contributed by atoms with Gasteiger partial charge < -0.3 is 0 Å². The van der Waals surface area contributed by atoms with Gasteiger partial charge in [-0.25, -0.2) is 0 Å². The van der Waals surface area contributed by atoms with Crippen LogP contribution in [0.4, 0.5) is 0 Å². The summed E-state index contributed by atoms with van der Waals surface area (Å²) >= 11 is 0. The maximum absolute atomic E-state index is 3.68. The van der Waals surface area contributed by atoms with Gasteiger partial charge in [-0.15, -0.1) is 0 Å². The quantitative estimate of drug-likeness (QED) is 0.507. The Hall–Kier alpha value is -0.260. The van der Waals surface area contributed by atoms with Gasteiger partial charge >= 0.3 is 0 Å². The Kier molecular flexibility index (Phi) is 3.77. The van der Waals surface area contributed by atoms with Crippen molar-refractivity contribution < 1.29 is 0 Å². The van der Waals surface area contributed by atoms with Crippen LogP contribution in [0.2, 0.25) is 0 Å². The Bertz CT molecular complexity index is 53.1. The van der Waals surface area contributed by atoms with E-state index in [1.54, 1.807) is 0 Å². The zero-order valence-electron chi connectivity index (χ0n) is 5.04. The second kappa shape index (κ2) is 3.91. The van der Waals surface area contributed by atoms with Crippen molar-refractivity contribution in [2.24, 2.45) is 0 Å². The van der Waals surface area contributed by atoms with Crippen LogP contribution in [0.15, 0.2) is 12.2 Å². The number of rotatable bonds is 3. The fraction of sp³-hybridized carbons (Fsp3) is 0.571. The molecule has 0 aromatic carbocycles. The van der Waals surface area contributed by atoms with E-state index in [0.717, 1.165) is 12.0 Å².